The maximum absolute atomic E-state index is 12.5. The van der Waals surface area contributed by atoms with Gasteiger partial charge >= 0.3 is 6.03 Å². The van der Waals surface area contributed by atoms with Crippen LogP contribution in [0.2, 0.25) is 0 Å². The van der Waals surface area contributed by atoms with Crippen LogP contribution in [0.5, 0.6) is 0 Å². The van der Waals surface area contributed by atoms with E-state index in [0.29, 0.717) is 17.8 Å². The molecule has 1 atom stereocenters. The summed E-state index contributed by atoms with van der Waals surface area (Å²) in [5.74, 6) is -0.413. The number of fused-ring (bicyclic) bond motifs is 1. The molecule has 0 radical (unpaired) electrons. The molecule has 2 fully saturated rings. The highest BCUT2D eigenvalue weighted by molar-refractivity contribution is 7.27. The van der Waals surface area contributed by atoms with Crippen LogP contribution in [-0.4, -0.2) is 41.4 Å². The molecule has 2 aromatic heterocycles. The Morgan fingerprint density at radius 2 is 2.19 bits per heavy atom. The summed E-state index contributed by atoms with van der Waals surface area (Å²) in [5, 5.41) is 6.89. The van der Waals surface area contributed by atoms with E-state index in [2.05, 4.69) is 10.6 Å². The minimum Gasteiger partial charge on any atom is -0.335 e. The molecule has 0 aliphatic carbocycles. The minimum absolute atomic E-state index is 0.0748. The Morgan fingerprint density at radius 1 is 1.33 bits per heavy atom. The number of likely N-dealkylation sites (tertiary alicyclic amines) is 1. The van der Waals surface area contributed by atoms with Crippen molar-refractivity contribution < 1.29 is 14.4 Å². The Bertz CT molecular complexity index is 752. The van der Waals surface area contributed by atoms with E-state index >= 15 is 0 Å². The van der Waals surface area contributed by atoms with Crippen molar-refractivity contribution in [3.05, 3.63) is 22.4 Å². The molecule has 0 aromatic carbocycles. The molecule has 4 rings (SSSR count). The lowest BCUT2D eigenvalue weighted by Gasteiger charge is -2.20. The number of hydrogen-bond acceptors (Lipinski definition) is 5. The summed E-state index contributed by atoms with van der Waals surface area (Å²) in [4.78, 5) is 38.0. The van der Waals surface area contributed by atoms with E-state index in [4.69, 9.17) is 0 Å². The smallest absolute Gasteiger partial charge is 0.322 e. The van der Waals surface area contributed by atoms with Crippen LogP contribution >= 0.6 is 22.7 Å². The SMILES string of the molecule is O=C1NC(=O)C2(CCN(C(=O)c3cc4sccc4s3)C2)N1. The van der Waals surface area contributed by atoms with Crippen molar-refractivity contribution in [1.29, 1.82) is 0 Å². The van der Waals surface area contributed by atoms with Crippen molar-refractivity contribution >= 4 is 49.9 Å². The molecule has 21 heavy (non-hydrogen) atoms. The molecule has 4 amide bonds. The molecule has 0 bridgehead atoms. The molecule has 0 saturated carbocycles. The number of nitrogens with one attached hydrogen (secondary N) is 2. The topological polar surface area (TPSA) is 78.5 Å². The van der Waals surface area contributed by atoms with Gasteiger partial charge < -0.3 is 10.2 Å². The van der Waals surface area contributed by atoms with Gasteiger partial charge in [-0.2, -0.15) is 0 Å². The predicted octanol–water partition coefficient (Wildman–Crippen LogP) is 1.39. The summed E-state index contributed by atoms with van der Waals surface area (Å²) in [5.41, 5.74) is -0.943. The van der Waals surface area contributed by atoms with Gasteiger partial charge in [0.2, 0.25) is 0 Å². The van der Waals surface area contributed by atoms with Crippen LogP contribution in [0.1, 0.15) is 16.1 Å². The Morgan fingerprint density at radius 3 is 2.90 bits per heavy atom. The molecule has 1 spiro atoms. The van der Waals surface area contributed by atoms with Gasteiger partial charge in [0.05, 0.1) is 11.4 Å². The van der Waals surface area contributed by atoms with E-state index in [0.717, 1.165) is 9.40 Å². The quantitative estimate of drug-likeness (QED) is 0.779. The number of hydrogen-bond donors (Lipinski definition) is 2. The van der Waals surface area contributed by atoms with E-state index in [-0.39, 0.29) is 18.4 Å². The van der Waals surface area contributed by atoms with E-state index in [1.165, 1.54) is 11.3 Å². The predicted molar refractivity (Wildman–Crippen MR) is 79.6 cm³/mol. The van der Waals surface area contributed by atoms with E-state index in [9.17, 15) is 14.4 Å². The van der Waals surface area contributed by atoms with Crippen LogP contribution in [0.3, 0.4) is 0 Å². The Labute approximate surface area is 127 Å². The molecule has 2 saturated heterocycles. The number of nitrogens with zero attached hydrogens (tertiary/aromatic N) is 1. The lowest BCUT2D eigenvalue weighted by Crippen LogP contribution is -2.49. The van der Waals surface area contributed by atoms with Crippen LogP contribution in [-0.2, 0) is 4.79 Å². The number of thiophene rings is 2. The Balaban J connectivity index is 1.58. The second kappa shape index (κ2) is 4.28. The summed E-state index contributed by atoms with van der Waals surface area (Å²) in [6, 6.07) is 3.41. The fraction of sp³-hybridized carbons (Fsp3) is 0.308. The Hall–Kier alpha value is -1.93. The van der Waals surface area contributed by atoms with Gasteiger partial charge in [0.1, 0.15) is 5.54 Å². The third kappa shape index (κ3) is 1.86. The van der Waals surface area contributed by atoms with Crippen molar-refractivity contribution in [3.63, 3.8) is 0 Å². The van der Waals surface area contributed by atoms with Crippen molar-refractivity contribution in [1.82, 2.24) is 15.5 Å². The summed E-state index contributed by atoms with van der Waals surface area (Å²) >= 11 is 3.07. The number of amides is 4. The first-order chi connectivity index (χ1) is 10.1. The molecule has 1 unspecified atom stereocenters. The highest BCUT2D eigenvalue weighted by Crippen LogP contribution is 2.32. The molecule has 2 aromatic rings. The molecule has 2 N–H and O–H groups in total. The fourth-order valence-electron chi connectivity index (χ4n) is 2.83. The third-order valence-electron chi connectivity index (χ3n) is 3.92. The lowest BCUT2D eigenvalue weighted by molar-refractivity contribution is -0.123. The van der Waals surface area contributed by atoms with Gasteiger partial charge in [-0.05, 0) is 23.9 Å². The number of carbonyl (C=O) groups is 3. The first-order valence-electron chi connectivity index (χ1n) is 6.47. The summed E-state index contributed by atoms with van der Waals surface area (Å²) in [6.45, 7) is 0.701. The number of rotatable bonds is 1. The monoisotopic (exact) mass is 321 g/mol. The van der Waals surface area contributed by atoms with Gasteiger partial charge in [-0.15, -0.1) is 22.7 Å². The molecular weight excluding hydrogens is 310 g/mol. The van der Waals surface area contributed by atoms with E-state index in [1.54, 1.807) is 16.2 Å². The van der Waals surface area contributed by atoms with Crippen molar-refractivity contribution in [2.45, 2.75) is 12.0 Å². The van der Waals surface area contributed by atoms with Gasteiger partial charge in [0, 0.05) is 15.9 Å². The lowest BCUT2D eigenvalue weighted by atomic mass is 10.00. The highest BCUT2D eigenvalue weighted by Gasteiger charge is 2.51. The minimum atomic E-state index is -0.943. The standard InChI is InChI=1S/C13H11N3O3S2/c17-10(9-5-8-7(21-9)1-4-20-8)16-3-2-13(6-16)11(18)14-12(19)15-13/h1,4-5H,2-3,6H2,(H2,14,15,18,19). The van der Waals surface area contributed by atoms with Crippen LogP contribution in [0.4, 0.5) is 4.79 Å². The molecular formula is C13H11N3O3S2. The van der Waals surface area contributed by atoms with Crippen LogP contribution in [0.15, 0.2) is 17.5 Å². The number of imide groups is 1. The zero-order valence-corrected chi connectivity index (χ0v) is 12.5. The average Bonchev–Trinajstić information content (AvgIpc) is 3.14. The van der Waals surface area contributed by atoms with Crippen LogP contribution in [0, 0.1) is 0 Å². The van der Waals surface area contributed by atoms with E-state index in [1.807, 2.05) is 17.5 Å². The first-order valence-corrected chi connectivity index (χ1v) is 8.17. The fourth-order valence-corrected chi connectivity index (χ4v) is 4.90. The largest absolute Gasteiger partial charge is 0.335 e. The normalized spacial score (nSPS) is 24.9. The van der Waals surface area contributed by atoms with Crippen LogP contribution < -0.4 is 10.6 Å². The van der Waals surface area contributed by atoms with Crippen molar-refractivity contribution in [3.8, 4) is 0 Å². The molecule has 108 valence electrons. The first kappa shape index (κ1) is 12.8. The van der Waals surface area contributed by atoms with Crippen molar-refractivity contribution in [2.24, 2.45) is 0 Å². The van der Waals surface area contributed by atoms with Gasteiger partial charge in [-0.25, -0.2) is 4.79 Å². The molecule has 6 nitrogen and oxygen atoms in total. The van der Waals surface area contributed by atoms with Crippen LogP contribution in [0.25, 0.3) is 9.40 Å². The molecule has 2 aliphatic rings. The third-order valence-corrected chi connectivity index (χ3v) is 6.00. The summed E-state index contributed by atoms with van der Waals surface area (Å²) in [7, 11) is 0. The van der Waals surface area contributed by atoms with Gasteiger partial charge in [-0.3, -0.25) is 14.9 Å². The van der Waals surface area contributed by atoms with Gasteiger partial charge in [0.15, 0.2) is 0 Å². The number of urea groups is 1. The molecule has 2 aliphatic heterocycles. The second-order valence-corrected chi connectivity index (χ2v) is 7.26. The summed E-state index contributed by atoms with van der Waals surface area (Å²) in [6.07, 6.45) is 0.454. The van der Waals surface area contributed by atoms with Gasteiger partial charge in [0.25, 0.3) is 11.8 Å². The zero-order valence-electron chi connectivity index (χ0n) is 10.8. The maximum Gasteiger partial charge on any atom is 0.322 e. The van der Waals surface area contributed by atoms with E-state index < -0.39 is 11.6 Å². The van der Waals surface area contributed by atoms with Gasteiger partial charge in [-0.1, -0.05) is 0 Å². The average molecular weight is 321 g/mol. The van der Waals surface area contributed by atoms with Crippen molar-refractivity contribution in [2.75, 3.05) is 13.1 Å². The summed E-state index contributed by atoms with van der Waals surface area (Å²) < 4.78 is 2.20. The number of carbonyl (C=O) groups excluding carboxylic acids is 3. The maximum atomic E-state index is 12.5. The molecule has 8 heteroatoms. The Kier molecular flexibility index (Phi) is 2.61. The highest BCUT2D eigenvalue weighted by atomic mass is 32.1. The second-order valence-electron chi connectivity index (χ2n) is 5.23. The zero-order chi connectivity index (χ0) is 14.6. The molecule has 4 heterocycles.